The van der Waals surface area contributed by atoms with Crippen molar-refractivity contribution in [1.29, 1.82) is 0 Å². The van der Waals surface area contributed by atoms with E-state index in [0.29, 0.717) is 42.2 Å². The van der Waals surface area contributed by atoms with Crippen LogP contribution in [0.15, 0.2) is 35.9 Å². The Morgan fingerprint density at radius 3 is 2.45 bits per heavy atom. The molecule has 2 N–H and O–H groups in total. The van der Waals surface area contributed by atoms with E-state index >= 15 is 0 Å². The van der Waals surface area contributed by atoms with Gasteiger partial charge in [0.25, 0.3) is 0 Å². The molecule has 4 bridgehead atoms. The molecule has 0 radical (unpaired) electrons. The molecule has 65 heavy (non-hydrogen) atoms. The number of likely N-dealkylation sites (N-methyl/N-ethyl adjacent to an activating group) is 1. The summed E-state index contributed by atoms with van der Waals surface area (Å²) in [6, 6.07) is 2.70. The van der Waals surface area contributed by atoms with E-state index in [4.69, 9.17) is 30.5 Å². The van der Waals surface area contributed by atoms with Gasteiger partial charge in [0.15, 0.2) is 5.72 Å². The molecule has 0 spiro atoms. The average Bonchev–Trinajstić information content (AvgIpc) is 3.95. The molecule has 0 aromatic heterocycles. The third-order valence-electron chi connectivity index (χ3n) is 14.2. The summed E-state index contributed by atoms with van der Waals surface area (Å²) < 4.78 is 23.4. The molecule has 13 nitrogen and oxygen atoms in total. The lowest BCUT2D eigenvalue weighted by Gasteiger charge is -2.42. The van der Waals surface area contributed by atoms with E-state index in [1.807, 2.05) is 39.0 Å². The van der Waals surface area contributed by atoms with Crippen LogP contribution in [0.4, 0.5) is 10.5 Å². The zero-order valence-electron chi connectivity index (χ0n) is 39.8. The van der Waals surface area contributed by atoms with Gasteiger partial charge in [-0.25, -0.2) is 9.59 Å². The van der Waals surface area contributed by atoms with E-state index in [1.165, 1.54) is 43.3 Å². The number of nitrogens with zero attached hydrogens (tertiary/aromatic N) is 2. The van der Waals surface area contributed by atoms with Gasteiger partial charge in [-0.05, 0) is 75.5 Å². The van der Waals surface area contributed by atoms with Crippen LogP contribution in [-0.2, 0) is 39.8 Å². The number of ether oxygens (including phenoxy) is 4. The number of allylic oxidation sites excluding steroid dienone is 3. The molecule has 1 unspecified atom stereocenters. The van der Waals surface area contributed by atoms with Crippen molar-refractivity contribution in [2.75, 3.05) is 39.0 Å². The first-order chi connectivity index (χ1) is 30.8. The van der Waals surface area contributed by atoms with Gasteiger partial charge in [-0.2, -0.15) is 0 Å². The number of hydrogen-bond donors (Lipinski definition) is 2. The highest BCUT2D eigenvalue weighted by molar-refractivity contribution is 8.76. The summed E-state index contributed by atoms with van der Waals surface area (Å²) in [6.07, 6.45) is 12.5. The van der Waals surface area contributed by atoms with Crippen LogP contribution in [-0.4, -0.2) is 109 Å². The summed E-state index contributed by atoms with van der Waals surface area (Å²) in [5.41, 5.74) is -0.319. The van der Waals surface area contributed by atoms with Gasteiger partial charge in [-0.1, -0.05) is 110 Å². The van der Waals surface area contributed by atoms with Gasteiger partial charge in [-0.15, -0.1) is 0 Å². The molecule has 3 fully saturated rings. The molecular weight excluding hydrogens is 890 g/mol. The van der Waals surface area contributed by atoms with Crippen LogP contribution in [0.25, 0.3) is 0 Å². The summed E-state index contributed by atoms with van der Waals surface area (Å²) >= 11 is 6.84. The van der Waals surface area contributed by atoms with Gasteiger partial charge in [0.2, 0.25) is 11.8 Å². The number of carbonyl (C=O) groups excluding carboxylic acids is 5. The molecule has 3 amide bonds. The molecule has 1 aromatic carbocycles. The molecular formula is C49H72ClN3O10S2. The van der Waals surface area contributed by atoms with E-state index in [9.17, 15) is 29.1 Å². The normalized spacial score (nSPS) is 30.2. The topological polar surface area (TPSA) is 161 Å². The van der Waals surface area contributed by atoms with Crippen molar-refractivity contribution in [3.05, 3.63) is 46.5 Å². The van der Waals surface area contributed by atoms with Crippen molar-refractivity contribution in [2.24, 2.45) is 23.2 Å². The number of carbonyl (C=O) groups is 5. The minimum absolute atomic E-state index is 0.0218. The summed E-state index contributed by atoms with van der Waals surface area (Å²) in [5, 5.41) is 15.0. The van der Waals surface area contributed by atoms with Crippen LogP contribution >= 0.6 is 33.2 Å². The van der Waals surface area contributed by atoms with Crippen LogP contribution in [0.3, 0.4) is 0 Å². The number of anilines is 1. The fourth-order valence-corrected chi connectivity index (χ4v) is 12.3. The summed E-state index contributed by atoms with van der Waals surface area (Å²) in [7, 11) is 9.46. The maximum absolute atomic E-state index is 14.4. The second-order valence-electron chi connectivity index (χ2n) is 19.0. The molecule has 2 heterocycles. The fourth-order valence-electron chi connectivity index (χ4n) is 9.62. The second-order valence-corrected chi connectivity index (χ2v) is 22.3. The Labute approximate surface area is 399 Å². The Hall–Kier alpha value is -3.24. The minimum Gasteiger partial charge on any atom is -0.495 e. The Bertz CT molecular complexity index is 1930. The van der Waals surface area contributed by atoms with E-state index in [-0.39, 0.29) is 59.1 Å². The molecule has 2 aliphatic heterocycles. The van der Waals surface area contributed by atoms with E-state index in [0.717, 1.165) is 43.2 Å². The van der Waals surface area contributed by atoms with E-state index < -0.39 is 47.6 Å². The summed E-state index contributed by atoms with van der Waals surface area (Å²) in [4.78, 5) is 70.7. The Kier molecular flexibility index (Phi) is 19.2. The fraction of sp³-hybridized carbons (Fsp3) is 0.694. The highest BCUT2D eigenvalue weighted by Gasteiger charge is 2.62. The number of rotatable bonds is 14. The number of fused-ring (bicyclic) bond motifs is 5. The summed E-state index contributed by atoms with van der Waals surface area (Å²) in [5.74, 6) is -0.187. The molecule has 9 atom stereocenters. The maximum Gasteiger partial charge on any atom is 0.409 e. The van der Waals surface area contributed by atoms with Gasteiger partial charge >= 0.3 is 12.1 Å². The monoisotopic (exact) mass is 961 g/mol. The molecule has 2 aliphatic carbocycles. The van der Waals surface area contributed by atoms with E-state index in [2.05, 4.69) is 12.2 Å². The Morgan fingerprint density at radius 1 is 1.08 bits per heavy atom. The van der Waals surface area contributed by atoms with Crippen molar-refractivity contribution in [2.45, 2.75) is 160 Å². The van der Waals surface area contributed by atoms with Gasteiger partial charge in [0.05, 0.1) is 19.2 Å². The number of halogens is 1. The van der Waals surface area contributed by atoms with Gasteiger partial charge in [0, 0.05) is 62.8 Å². The van der Waals surface area contributed by atoms with Crippen molar-refractivity contribution in [1.82, 2.24) is 10.2 Å². The van der Waals surface area contributed by atoms with Crippen LogP contribution in [0.1, 0.15) is 124 Å². The SMILES string of the molecule is COc1cc2cc(c1Cl)N(C)C(=O)C[C@H](OC(=O)[C@H](C)N(C)C(=O)CCSSC(C)CCC(=O)C1CCCCCCC1)[C@@]1(C)C[C@H]1[C@H](C)[C@@H]1C[C@@](O)(NC(=O)O1)[C@H](OC)/C=C/C=C(\C)C2. The third-order valence-corrected chi connectivity index (χ3v) is 17.6. The molecule has 16 heteroatoms. The molecule has 2 saturated carbocycles. The zero-order valence-corrected chi connectivity index (χ0v) is 42.2. The first-order valence-electron chi connectivity index (χ1n) is 23.3. The highest BCUT2D eigenvalue weighted by Crippen LogP contribution is 2.61. The predicted molar refractivity (Wildman–Crippen MR) is 258 cm³/mol. The van der Waals surface area contributed by atoms with Crippen LogP contribution < -0.4 is 15.0 Å². The Balaban J connectivity index is 1.29. The first-order valence-corrected chi connectivity index (χ1v) is 26.1. The van der Waals surface area contributed by atoms with Gasteiger partial charge in [0.1, 0.15) is 40.9 Å². The highest BCUT2D eigenvalue weighted by atomic mass is 35.5. The lowest BCUT2D eigenvalue weighted by molar-refractivity contribution is -0.163. The number of methoxy groups -OCH3 is 2. The number of nitrogens with one attached hydrogen (secondary N) is 1. The molecule has 5 rings (SSSR count). The molecule has 1 saturated heterocycles. The third kappa shape index (κ3) is 13.7. The minimum atomic E-state index is -1.78. The number of hydrogen-bond acceptors (Lipinski definition) is 12. The summed E-state index contributed by atoms with van der Waals surface area (Å²) in [6.45, 7) is 9.56. The molecule has 1 aromatic rings. The standard InChI is InChI=1S/C49H72ClN3O10S2/c1-30-16-15-19-41(61-9)49(59)29-40(62-47(58)51-49)32(3)36-28-48(36,5)42(27-44(56)53(7)37-25-34(24-30)26-39(60-8)45(37)50)63-46(57)33(4)52(6)43(55)22-23-64-65-31(2)20-21-38(54)35-17-13-11-10-12-14-18-35/h15-16,19,25-26,31-33,35-36,40-42,59H,10-14,17-18,20-24,27-29H2,1-9H3,(H,51,58)/b19-15+,30-16+/t31?,32-,33-,36-,40-,41+,42-,48-,49-/m0/s1. The molecule has 362 valence electrons. The number of esters is 1. The molecule has 4 aliphatic rings. The van der Waals surface area contributed by atoms with Gasteiger partial charge in [-0.3, -0.25) is 19.7 Å². The number of alkyl carbamates (subject to hydrolysis) is 1. The lowest BCUT2D eigenvalue weighted by Crippen LogP contribution is -2.63. The number of ketones is 1. The lowest BCUT2D eigenvalue weighted by atomic mass is 9.83. The Morgan fingerprint density at radius 2 is 1.77 bits per heavy atom. The predicted octanol–water partition coefficient (Wildman–Crippen LogP) is 9.25. The van der Waals surface area contributed by atoms with Crippen LogP contribution in [0, 0.1) is 23.2 Å². The van der Waals surface area contributed by atoms with E-state index in [1.54, 1.807) is 54.8 Å². The quantitative estimate of drug-likeness (QED) is 0.104. The average molecular weight is 963 g/mol. The second kappa shape index (κ2) is 23.7. The van der Waals surface area contributed by atoms with Crippen LogP contribution in [0.2, 0.25) is 5.02 Å². The maximum atomic E-state index is 14.4. The zero-order chi connectivity index (χ0) is 47.6. The smallest absolute Gasteiger partial charge is 0.409 e. The van der Waals surface area contributed by atoms with Crippen LogP contribution in [0.5, 0.6) is 5.75 Å². The first kappa shape index (κ1) is 52.7. The number of aliphatic hydroxyl groups is 1. The largest absolute Gasteiger partial charge is 0.495 e. The van der Waals surface area contributed by atoms with Gasteiger partial charge < -0.3 is 33.9 Å². The number of Topliss-reactive ketones (excluding diaryl/α,β-unsaturated/α-hetero) is 1. The van der Waals surface area contributed by atoms with Crippen molar-refractivity contribution in [3.63, 3.8) is 0 Å². The van der Waals surface area contributed by atoms with Crippen molar-refractivity contribution < 1.29 is 48.0 Å². The number of benzene rings is 1. The van der Waals surface area contributed by atoms with Crippen molar-refractivity contribution >= 4 is 68.5 Å². The number of amides is 3. The van der Waals surface area contributed by atoms with Crippen molar-refractivity contribution in [3.8, 4) is 5.75 Å².